The number of nitrogens with one attached hydrogen (secondary N) is 3. The molecule has 3 rings (SSSR count). The molecule has 2 aliphatic heterocycles. The first-order valence-corrected chi connectivity index (χ1v) is 13.8. The summed E-state index contributed by atoms with van der Waals surface area (Å²) >= 11 is 1.45. The molecule has 210 valence electrons. The van der Waals surface area contributed by atoms with Crippen molar-refractivity contribution in [1.82, 2.24) is 20.4 Å². The maximum absolute atomic E-state index is 13.8. The topological polar surface area (TPSA) is 149 Å². The van der Waals surface area contributed by atoms with Crippen LogP contribution in [0.1, 0.15) is 31.0 Å². The molecule has 0 saturated carbocycles. The Kier molecular flexibility index (Phi) is 12.3. The van der Waals surface area contributed by atoms with Crippen molar-refractivity contribution < 1.29 is 28.5 Å². The smallest absolute Gasteiger partial charge is 0.315 e. The normalized spacial score (nSPS) is 21.5. The van der Waals surface area contributed by atoms with E-state index in [0.717, 1.165) is 17.7 Å². The molecule has 2 heterocycles. The van der Waals surface area contributed by atoms with E-state index in [1.54, 1.807) is 7.11 Å². The number of methoxy groups -OCH3 is 1. The van der Waals surface area contributed by atoms with Gasteiger partial charge in [0.2, 0.25) is 10.8 Å². The predicted molar refractivity (Wildman–Crippen MR) is 142 cm³/mol. The highest BCUT2D eigenvalue weighted by atomic mass is 32.2. The van der Waals surface area contributed by atoms with E-state index in [4.69, 9.17) is 24.5 Å². The van der Waals surface area contributed by atoms with Crippen molar-refractivity contribution in [2.45, 2.75) is 36.9 Å². The standard InChI is InChI=1S/C25H38N6O6S/c1-17-15-27-25(33)29-23(17)38-22(16-37-13-12-36-11-10-35-9-7-28-30-26)24(32)31-8-6-19-14-20(34-3)4-5-21(19)18(31)2/h4-5,14,17-18,22-23,26H,6-13,15-16H2,1-3H3,(H-,27,29,33)/p+1/t17?,18-,22-,23?/m0/s1. The molecule has 1 aromatic carbocycles. The Hall–Kier alpha value is -2.70. The summed E-state index contributed by atoms with van der Waals surface area (Å²) in [5, 5.41) is 8.59. The lowest BCUT2D eigenvalue weighted by molar-refractivity contribution is -0.134. The van der Waals surface area contributed by atoms with E-state index >= 15 is 0 Å². The Morgan fingerprint density at radius 3 is 2.68 bits per heavy atom. The fourth-order valence-corrected chi connectivity index (χ4v) is 5.72. The quantitative estimate of drug-likeness (QED) is 0.172. The molecular formula is C25H39N6O6S+. The summed E-state index contributed by atoms with van der Waals surface area (Å²) in [4.78, 5) is 30.6. The fourth-order valence-electron chi connectivity index (χ4n) is 4.40. The molecule has 0 spiro atoms. The number of rotatable bonds is 15. The van der Waals surface area contributed by atoms with Crippen molar-refractivity contribution in [2.75, 3.05) is 66.4 Å². The van der Waals surface area contributed by atoms with Crippen molar-refractivity contribution in [2.24, 2.45) is 11.0 Å². The van der Waals surface area contributed by atoms with Crippen LogP contribution in [-0.4, -0.2) is 93.8 Å². The molecule has 0 radical (unpaired) electrons. The Labute approximate surface area is 227 Å². The molecule has 3 amide bonds. The van der Waals surface area contributed by atoms with Crippen LogP contribution in [0.2, 0.25) is 0 Å². The Morgan fingerprint density at radius 1 is 1.21 bits per heavy atom. The van der Waals surface area contributed by atoms with E-state index in [-0.39, 0.29) is 35.9 Å². The van der Waals surface area contributed by atoms with E-state index in [1.807, 2.05) is 36.9 Å². The van der Waals surface area contributed by atoms with Crippen LogP contribution in [-0.2, 0) is 25.4 Å². The molecule has 38 heavy (non-hydrogen) atoms. The average molecular weight is 552 g/mol. The maximum Gasteiger partial charge on any atom is 0.315 e. The zero-order valence-electron chi connectivity index (χ0n) is 22.3. The lowest BCUT2D eigenvalue weighted by Crippen LogP contribution is -2.54. The number of fused-ring (bicyclic) bond motifs is 1. The molecule has 2 unspecified atom stereocenters. The zero-order chi connectivity index (χ0) is 27.3. The number of hydrogen-bond donors (Lipinski definition) is 3. The molecular weight excluding hydrogens is 512 g/mol. The highest BCUT2D eigenvalue weighted by molar-refractivity contribution is 8.01. The summed E-state index contributed by atoms with van der Waals surface area (Å²) < 4.78 is 22.1. The summed E-state index contributed by atoms with van der Waals surface area (Å²) in [6.07, 6.45) is 0.753. The van der Waals surface area contributed by atoms with Crippen LogP contribution in [0.4, 0.5) is 4.79 Å². The molecule has 2 aliphatic rings. The molecule has 4 atom stereocenters. The molecule has 1 aromatic rings. The lowest BCUT2D eigenvalue weighted by Gasteiger charge is -2.39. The monoisotopic (exact) mass is 551 g/mol. The van der Waals surface area contributed by atoms with E-state index in [1.165, 1.54) is 17.3 Å². The second kappa shape index (κ2) is 15.6. The highest BCUT2D eigenvalue weighted by Gasteiger charge is 2.36. The number of benzene rings is 1. The largest absolute Gasteiger partial charge is 0.497 e. The highest BCUT2D eigenvalue weighted by Crippen LogP contribution is 2.34. The first-order chi connectivity index (χ1) is 18.4. The SMILES string of the molecule is COc1ccc2c(c1)CCN(C(=O)[C@H](COCCOCCOCCN=[N+]=N)SC1NC(=O)NCC1C)[C@H]2C. The molecule has 12 nitrogen and oxygen atoms in total. The first kappa shape index (κ1) is 29.9. The Morgan fingerprint density at radius 2 is 1.95 bits per heavy atom. The predicted octanol–water partition coefficient (Wildman–Crippen LogP) is 2.12. The van der Waals surface area contributed by atoms with Crippen LogP contribution in [0.25, 0.3) is 0 Å². The maximum atomic E-state index is 13.8. The van der Waals surface area contributed by atoms with Crippen LogP contribution in [0.5, 0.6) is 5.75 Å². The second-order valence-corrected chi connectivity index (χ2v) is 10.5. The van der Waals surface area contributed by atoms with Gasteiger partial charge >= 0.3 is 6.03 Å². The Balaban J connectivity index is 1.55. The van der Waals surface area contributed by atoms with Crippen molar-refractivity contribution in [1.29, 1.82) is 5.53 Å². The van der Waals surface area contributed by atoms with Crippen LogP contribution >= 0.6 is 11.8 Å². The van der Waals surface area contributed by atoms with Gasteiger partial charge in [0.1, 0.15) is 28.2 Å². The molecule has 0 aromatic heterocycles. The summed E-state index contributed by atoms with van der Waals surface area (Å²) in [6.45, 7) is 7.75. The summed E-state index contributed by atoms with van der Waals surface area (Å²) in [7, 11) is 1.65. The number of carbonyl (C=O) groups is 2. The molecule has 1 fully saturated rings. The summed E-state index contributed by atoms with van der Waals surface area (Å²) in [5.74, 6) is 0.978. The van der Waals surface area contributed by atoms with Crippen molar-refractivity contribution >= 4 is 23.7 Å². The van der Waals surface area contributed by atoms with Crippen molar-refractivity contribution in [3.63, 3.8) is 0 Å². The van der Waals surface area contributed by atoms with Gasteiger partial charge in [-0.2, -0.15) is 0 Å². The van der Waals surface area contributed by atoms with Gasteiger partial charge in [-0.3, -0.25) is 4.79 Å². The van der Waals surface area contributed by atoms with Crippen LogP contribution in [0, 0.1) is 11.4 Å². The van der Waals surface area contributed by atoms with Gasteiger partial charge in [0.15, 0.2) is 0 Å². The molecule has 0 bridgehead atoms. The van der Waals surface area contributed by atoms with E-state index in [0.29, 0.717) is 52.7 Å². The number of nitrogens with zero attached hydrogens (tertiary/aromatic N) is 3. The third kappa shape index (κ3) is 8.67. The Bertz CT molecular complexity index is 978. The zero-order valence-corrected chi connectivity index (χ0v) is 23.1. The third-order valence-electron chi connectivity index (χ3n) is 6.55. The molecule has 13 heteroatoms. The summed E-state index contributed by atoms with van der Waals surface area (Å²) in [5.41, 5.74) is 8.90. The number of hydrogen-bond acceptors (Lipinski definition) is 9. The van der Waals surface area contributed by atoms with Gasteiger partial charge < -0.3 is 34.5 Å². The number of amides is 3. The fraction of sp³-hybridized carbons (Fsp3) is 0.680. The van der Waals surface area contributed by atoms with Gasteiger partial charge in [0.05, 0.1) is 58.2 Å². The van der Waals surface area contributed by atoms with Gasteiger partial charge in [0.25, 0.3) is 0 Å². The van der Waals surface area contributed by atoms with E-state index in [2.05, 4.69) is 20.7 Å². The number of carbonyl (C=O) groups excluding carboxylic acids is 2. The van der Waals surface area contributed by atoms with Gasteiger partial charge in [-0.15, -0.1) is 11.8 Å². The van der Waals surface area contributed by atoms with Crippen LogP contribution in [0.3, 0.4) is 0 Å². The van der Waals surface area contributed by atoms with Gasteiger partial charge in [-0.1, -0.05) is 13.0 Å². The van der Waals surface area contributed by atoms with Crippen LogP contribution in [0.15, 0.2) is 23.3 Å². The van der Waals surface area contributed by atoms with Gasteiger partial charge in [-0.25, -0.2) is 4.79 Å². The first-order valence-electron chi connectivity index (χ1n) is 12.9. The minimum Gasteiger partial charge on any atom is -0.497 e. The average Bonchev–Trinajstić information content (AvgIpc) is 2.92. The van der Waals surface area contributed by atoms with Crippen molar-refractivity contribution in [3.8, 4) is 5.75 Å². The van der Waals surface area contributed by atoms with Gasteiger partial charge in [-0.05, 0) is 36.6 Å². The number of urea groups is 1. The van der Waals surface area contributed by atoms with Gasteiger partial charge in [0, 0.05) is 19.0 Å². The second-order valence-electron chi connectivity index (χ2n) is 9.16. The van der Waals surface area contributed by atoms with Crippen LogP contribution < -0.4 is 20.3 Å². The number of ether oxygens (including phenoxy) is 4. The summed E-state index contributed by atoms with van der Waals surface area (Å²) in [6, 6.07) is 5.71. The minimum atomic E-state index is -0.474. The number of thioether (sulfide) groups is 1. The molecule has 1 saturated heterocycles. The lowest BCUT2D eigenvalue weighted by atomic mass is 9.93. The van der Waals surface area contributed by atoms with E-state index in [9.17, 15) is 9.59 Å². The molecule has 3 N–H and O–H groups in total. The minimum absolute atomic E-state index is 0.00287. The molecule has 0 aliphatic carbocycles. The van der Waals surface area contributed by atoms with Crippen molar-refractivity contribution in [3.05, 3.63) is 29.3 Å². The van der Waals surface area contributed by atoms with E-state index < -0.39 is 5.25 Å². The third-order valence-corrected chi connectivity index (χ3v) is 8.10.